The van der Waals surface area contributed by atoms with Gasteiger partial charge >= 0.3 is 0 Å². The molecular formula is C15H16BrN5O4S. The number of halogens is 1. The third kappa shape index (κ3) is 3.00. The van der Waals surface area contributed by atoms with Gasteiger partial charge < -0.3 is 25.4 Å². The Hall–Kier alpha value is -1.63. The first-order valence-electron chi connectivity index (χ1n) is 7.86. The van der Waals surface area contributed by atoms with E-state index in [1.165, 1.54) is 17.2 Å². The summed E-state index contributed by atoms with van der Waals surface area (Å²) in [6, 6.07) is 1.98. The van der Waals surface area contributed by atoms with E-state index in [1.807, 2.05) is 11.4 Å². The number of aliphatic hydroxyl groups excluding tert-OH is 3. The zero-order valence-corrected chi connectivity index (χ0v) is 15.8. The second-order valence-corrected chi connectivity index (χ2v) is 7.68. The van der Waals surface area contributed by atoms with Crippen LogP contribution in [0, 0.1) is 0 Å². The number of hydrogen-bond acceptors (Lipinski definition) is 9. The number of ether oxygens (including phenoxy) is 1. The van der Waals surface area contributed by atoms with E-state index in [4.69, 9.17) is 4.74 Å². The minimum Gasteiger partial charge on any atom is -0.394 e. The van der Waals surface area contributed by atoms with Crippen molar-refractivity contribution in [3.8, 4) is 0 Å². The van der Waals surface area contributed by atoms with Gasteiger partial charge in [0.2, 0.25) is 0 Å². The normalized spacial score (nSPS) is 25.8. The van der Waals surface area contributed by atoms with Crippen molar-refractivity contribution in [2.75, 3.05) is 11.9 Å². The van der Waals surface area contributed by atoms with Crippen molar-refractivity contribution >= 4 is 44.2 Å². The van der Waals surface area contributed by atoms with Gasteiger partial charge in [0, 0.05) is 9.35 Å². The Bertz CT molecular complexity index is 918. The lowest BCUT2D eigenvalue weighted by molar-refractivity contribution is -0.0511. The first-order valence-corrected chi connectivity index (χ1v) is 9.53. The van der Waals surface area contributed by atoms with E-state index in [0.717, 1.165) is 9.35 Å². The lowest BCUT2D eigenvalue weighted by atomic mass is 10.1. The number of fused-ring (bicyclic) bond motifs is 1. The molecule has 1 fully saturated rings. The Labute approximate surface area is 160 Å². The number of imidazole rings is 1. The van der Waals surface area contributed by atoms with Crippen LogP contribution >= 0.6 is 27.3 Å². The first-order chi connectivity index (χ1) is 12.6. The standard InChI is InChI=1S/C15H16BrN5O4S/c16-7-1-2-26-9(7)3-17-13-10-14(19-5-18-13)21(6-20-10)15-12(24)11(23)8(4-22)25-15/h1-2,5-6,8,11-12,15,22-24H,3-4H2,(H,17,18,19)/t8-,11-,12-,15-/m1/s1. The van der Waals surface area contributed by atoms with Gasteiger partial charge in [0.05, 0.1) is 19.5 Å². The maximum atomic E-state index is 10.2. The molecule has 1 aliphatic rings. The number of anilines is 1. The van der Waals surface area contributed by atoms with E-state index in [-0.39, 0.29) is 0 Å². The highest BCUT2D eigenvalue weighted by atomic mass is 79.9. The lowest BCUT2D eigenvalue weighted by Gasteiger charge is -2.16. The van der Waals surface area contributed by atoms with Crippen LogP contribution in [0.3, 0.4) is 0 Å². The monoisotopic (exact) mass is 441 g/mol. The van der Waals surface area contributed by atoms with E-state index in [1.54, 1.807) is 11.3 Å². The van der Waals surface area contributed by atoms with Crippen molar-refractivity contribution in [2.45, 2.75) is 31.1 Å². The van der Waals surface area contributed by atoms with Gasteiger partial charge in [0.25, 0.3) is 0 Å². The Kier molecular flexibility index (Phi) is 4.90. The van der Waals surface area contributed by atoms with Crippen LogP contribution in [0.4, 0.5) is 5.82 Å². The molecule has 1 saturated heterocycles. The fourth-order valence-electron chi connectivity index (χ4n) is 2.89. The maximum Gasteiger partial charge on any atom is 0.167 e. The summed E-state index contributed by atoms with van der Waals surface area (Å²) in [6.07, 6.45) is -1.25. The summed E-state index contributed by atoms with van der Waals surface area (Å²) in [6.45, 7) is 0.184. The number of hydrogen-bond donors (Lipinski definition) is 4. The number of rotatable bonds is 5. The highest BCUT2D eigenvalue weighted by molar-refractivity contribution is 9.10. The molecule has 0 saturated carbocycles. The zero-order valence-electron chi connectivity index (χ0n) is 13.4. The van der Waals surface area contributed by atoms with Crippen molar-refractivity contribution in [2.24, 2.45) is 0 Å². The minimum atomic E-state index is -1.20. The first kappa shape index (κ1) is 17.8. The van der Waals surface area contributed by atoms with Gasteiger partial charge in [0.15, 0.2) is 23.2 Å². The van der Waals surface area contributed by atoms with Crippen LogP contribution in [0.5, 0.6) is 0 Å². The van der Waals surface area contributed by atoms with Gasteiger partial charge in [-0.05, 0) is 27.4 Å². The molecule has 0 aromatic carbocycles. The molecule has 1 aliphatic heterocycles. The molecule has 138 valence electrons. The Morgan fingerprint density at radius 2 is 2.12 bits per heavy atom. The molecule has 0 amide bonds. The van der Waals surface area contributed by atoms with Crippen LogP contribution in [0.2, 0.25) is 0 Å². The SMILES string of the molecule is OC[C@H]1O[C@@H](n2cnc3c(NCc4sccc4Br)ncnc32)[C@H](O)[C@@H]1O. The minimum absolute atomic E-state index is 0.390. The highest BCUT2D eigenvalue weighted by Gasteiger charge is 2.44. The Morgan fingerprint density at radius 1 is 1.27 bits per heavy atom. The maximum absolute atomic E-state index is 10.2. The van der Waals surface area contributed by atoms with Crippen molar-refractivity contribution in [3.05, 3.63) is 33.5 Å². The van der Waals surface area contributed by atoms with Crippen molar-refractivity contribution in [3.63, 3.8) is 0 Å². The molecule has 4 rings (SSSR count). The second-order valence-electron chi connectivity index (χ2n) is 5.82. The van der Waals surface area contributed by atoms with Crippen LogP contribution < -0.4 is 5.32 Å². The zero-order chi connectivity index (χ0) is 18.3. The summed E-state index contributed by atoms with van der Waals surface area (Å²) in [7, 11) is 0. The van der Waals surface area contributed by atoms with Crippen molar-refractivity contribution < 1.29 is 20.1 Å². The van der Waals surface area contributed by atoms with Crippen LogP contribution in [0.25, 0.3) is 11.2 Å². The fourth-order valence-corrected chi connectivity index (χ4v) is 4.32. The number of aliphatic hydroxyl groups is 3. The van der Waals surface area contributed by atoms with Crippen LogP contribution in [-0.2, 0) is 11.3 Å². The molecule has 3 aromatic heterocycles. The van der Waals surface area contributed by atoms with Gasteiger partial charge in [0.1, 0.15) is 24.6 Å². The summed E-state index contributed by atoms with van der Waals surface area (Å²) in [4.78, 5) is 13.9. The molecule has 0 radical (unpaired) electrons. The summed E-state index contributed by atoms with van der Waals surface area (Å²) in [5, 5.41) is 34.7. The topological polar surface area (TPSA) is 126 Å². The van der Waals surface area contributed by atoms with Crippen LogP contribution in [0.1, 0.15) is 11.1 Å². The highest BCUT2D eigenvalue weighted by Crippen LogP contribution is 2.32. The molecule has 0 unspecified atom stereocenters. The molecule has 9 nitrogen and oxygen atoms in total. The molecule has 4 N–H and O–H groups in total. The van der Waals surface area contributed by atoms with Gasteiger partial charge in [-0.15, -0.1) is 11.3 Å². The molecule has 3 aromatic rings. The average Bonchev–Trinajstić information content (AvgIpc) is 3.32. The van der Waals surface area contributed by atoms with E-state index in [2.05, 4.69) is 36.2 Å². The van der Waals surface area contributed by atoms with E-state index >= 15 is 0 Å². The summed E-state index contributed by atoms with van der Waals surface area (Å²) < 4.78 is 8.11. The van der Waals surface area contributed by atoms with E-state index in [0.29, 0.717) is 23.5 Å². The molecule has 4 heterocycles. The largest absolute Gasteiger partial charge is 0.394 e. The number of nitrogens with one attached hydrogen (secondary N) is 1. The predicted molar refractivity (Wildman–Crippen MR) is 97.7 cm³/mol. The second kappa shape index (κ2) is 7.18. The Morgan fingerprint density at radius 3 is 2.81 bits per heavy atom. The molecular weight excluding hydrogens is 426 g/mol. The molecule has 0 aliphatic carbocycles. The third-order valence-corrected chi connectivity index (χ3v) is 6.18. The Balaban J connectivity index is 1.62. The quantitative estimate of drug-likeness (QED) is 0.459. The molecule has 0 spiro atoms. The number of thiophene rings is 1. The summed E-state index contributed by atoms with van der Waals surface area (Å²) in [5.41, 5.74) is 0.987. The van der Waals surface area contributed by atoms with Crippen LogP contribution in [-0.4, -0.2) is 59.8 Å². The smallest absolute Gasteiger partial charge is 0.167 e. The fraction of sp³-hybridized carbons (Fsp3) is 0.400. The molecule has 26 heavy (non-hydrogen) atoms. The lowest BCUT2D eigenvalue weighted by Crippen LogP contribution is -2.33. The van der Waals surface area contributed by atoms with Gasteiger partial charge in [-0.2, -0.15) is 0 Å². The molecule has 11 heteroatoms. The van der Waals surface area contributed by atoms with Gasteiger partial charge in [-0.1, -0.05) is 0 Å². The van der Waals surface area contributed by atoms with Gasteiger partial charge in [-0.25, -0.2) is 15.0 Å². The number of nitrogens with zero attached hydrogens (tertiary/aromatic N) is 4. The molecule has 0 bridgehead atoms. The third-order valence-electron chi connectivity index (χ3n) is 4.26. The van der Waals surface area contributed by atoms with E-state index < -0.39 is 31.1 Å². The predicted octanol–water partition coefficient (Wildman–Crippen LogP) is 0.874. The average molecular weight is 442 g/mol. The summed E-state index contributed by atoms with van der Waals surface area (Å²) >= 11 is 5.11. The van der Waals surface area contributed by atoms with Crippen LogP contribution in [0.15, 0.2) is 28.6 Å². The van der Waals surface area contributed by atoms with Gasteiger partial charge in [-0.3, -0.25) is 4.57 Å². The number of aromatic nitrogens is 4. The molecule has 4 atom stereocenters. The summed E-state index contributed by atoms with van der Waals surface area (Å²) in [5.74, 6) is 0.556. The van der Waals surface area contributed by atoms with E-state index in [9.17, 15) is 15.3 Å². The van der Waals surface area contributed by atoms with Crippen molar-refractivity contribution in [1.29, 1.82) is 0 Å². The van der Waals surface area contributed by atoms with Crippen molar-refractivity contribution in [1.82, 2.24) is 19.5 Å².